The average Bonchev–Trinajstić information content (AvgIpc) is 3.12. The van der Waals surface area contributed by atoms with E-state index < -0.39 is 0 Å². The Balaban J connectivity index is 1.63. The van der Waals surface area contributed by atoms with Crippen LogP contribution in [0.5, 0.6) is 0 Å². The standard InChI is InChI=1S/C13H11ClN8/c1-7(13-16-9-3-2-8(14)6-10(9)17-13)15-11-4-5-12-18-20-21-22(12)19-11/h2-7H,1H3,(H,15,19)(H,16,17). The molecule has 0 aliphatic rings. The molecule has 4 aromatic rings. The Morgan fingerprint density at radius 3 is 3.09 bits per heavy atom. The molecule has 3 aromatic heterocycles. The maximum Gasteiger partial charge on any atom is 0.200 e. The van der Waals surface area contributed by atoms with Crippen LogP contribution in [0.25, 0.3) is 16.7 Å². The van der Waals surface area contributed by atoms with Gasteiger partial charge in [-0.3, -0.25) is 0 Å². The Morgan fingerprint density at radius 1 is 1.27 bits per heavy atom. The Kier molecular flexibility index (Phi) is 2.90. The highest BCUT2D eigenvalue weighted by molar-refractivity contribution is 6.31. The largest absolute Gasteiger partial charge is 0.359 e. The summed E-state index contributed by atoms with van der Waals surface area (Å²) in [4.78, 5) is 7.81. The fraction of sp³-hybridized carbons (Fsp3) is 0.154. The number of nitrogens with zero attached hydrogens (tertiary/aromatic N) is 6. The highest BCUT2D eigenvalue weighted by Crippen LogP contribution is 2.21. The first-order valence-corrected chi connectivity index (χ1v) is 7.04. The van der Waals surface area contributed by atoms with E-state index in [4.69, 9.17) is 11.6 Å². The van der Waals surface area contributed by atoms with E-state index in [0.29, 0.717) is 16.5 Å². The first kappa shape index (κ1) is 13.0. The lowest BCUT2D eigenvalue weighted by molar-refractivity contribution is 0.723. The quantitative estimate of drug-likeness (QED) is 0.602. The zero-order chi connectivity index (χ0) is 15.1. The fourth-order valence-corrected chi connectivity index (χ4v) is 2.40. The summed E-state index contributed by atoms with van der Waals surface area (Å²) in [6, 6.07) is 9.11. The van der Waals surface area contributed by atoms with E-state index in [1.807, 2.05) is 31.2 Å². The second-order valence-electron chi connectivity index (χ2n) is 4.89. The van der Waals surface area contributed by atoms with Gasteiger partial charge in [-0.1, -0.05) is 11.6 Å². The molecule has 0 saturated carbocycles. The number of rotatable bonds is 3. The zero-order valence-electron chi connectivity index (χ0n) is 11.5. The summed E-state index contributed by atoms with van der Waals surface area (Å²) in [5.41, 5.74) is 2.37. The van der Waals surface area contributed by atoms with E-state index in [0.717, 1.165) is 16.9 Å². The smallest absolute Gasteiger partial charge is 0.200 e. The number of hydrogen-bond donors (Lipinski definition) is 2. The molecule has 9 heteroatoms. The van der Waals surface area contributed by atoms with Gasteiger partial charge in [0.1, 0.15) is 11.6 Å². The average molecular weight is 315 g/mol. The van der Waals surface area contributed by atoms with Crippen LogP contribution >= 0.6 is 11.6 Å². The van der Waals surface area contributed by atoms with Crippen molar-refractivity contribution >= 4 is 34.1 Å². The van der Waals surface area contributed by atoms with Gasteiger partial charge in [-0.05, 0) is 47.7 Å². The van der Waals surface area contributed by atoms with Crippen molar-refractivity contribution in [3.8, 4) is 0 Å². The molecule has 0 aliphatic heterocycles. The number of benzene rings is 1. The maximum absolute atomic E-state index is 5.99. The molecule has 3 heterocycles. The van der Waals surface area contributed by atoms with E-state index in [9.17, 15) is 0 Å². The fourth-order valence-electron chi connectivity index (χ4n) is 2.22. The van der Waals surface area contributed by atoms with Crippen LogP contribution in [0.4, 0.5) is 5.82 Å². The number of H-pyrrole nitrogens is 1. The van der Waals surface area contributed by atoms with Crippen LogP contribution in [0, 0.1) is 0 Å². The second-order valence-corrected chi connectivity index (χ2v) is 5.33. The van der Waals surface area contributed by atoms with Gasteiger partial charge < -0.3 is 10.3 Å². The summed E-state index contributed by atoms with van der Waals surface area (Å²) in [5.74, 6) is 1.46. The molecule has 110 valence electrons. The van der Waals surface area contributed by atoms with Gasteiger partial charge in [0.2, 0.25) is 0 Å². The third-order valence-corrected chi connectivity index (χ3v) is 3.54. The SMILES string of the molecule is CC(Nc1ccc2nnnn2n1)c1nc2ccc(Cl)cc2[nH]1. The van der Waals surface area contributed by atoms with E-state index >= 15 is 0 Å². The van der Waals surface area contributed by atoms with Gasteiger partial charge in [-0.15, -0.1) is 14.8 Å². The summed E-state index contributed by atoms with van der Waals surface area (Å²) in [6.07, 6.45) is 0. The minimum Gasteiger partial charge on any atom is -0.359 e. The lowest BCUT2D eigenvalue weighted by atomic mass is 10.3. The Labute approximate surface area is 129 Å². The van der Waals surface area contributed by atoms with Gasteiger partial charge in [0.05, 0.1) is 17.1 Å². The van der Waals surface area contributed by atoms with Crippen molar-refractivity contribution in [2.45, 2.75) is 13.0 Å². The molecule has 1 aromatic carbocycles. The van der Waals surface area contributed by atoms with Crippen LogP contribution in [-0.4, -0.2) is 35.2 Å². The molecule has 0 radical (unpaired) electrons. The minimum absolute atomic E-state index is 0.0624. The molecule has 22 heavy (non-hydrogen) atoms. The molecule has 0 spiro atoms. The van der Waals surface area contributed by atoms with Crippen LogP contribution in [0.3, 0.4) is 0 Å². The predicted molar refractivity (Wildman–Crippen MR) is 81.7 cm³/mol. The normalized spacial score (nSPS) is 12.8. The predicted octanol–water partition coefficient (Wildman–Crippen LogP) is 2.22. The summed E-state index contributed by atoms with van der Waals surface area (Å²) in [7, 11) is 0. The van der Waals surface area contributed by atoms with E-state index in [2.05, 4.69) is 35.9 Å². The number of aromatic nitrogens is 7. The summed E-state index contributed by atoms with van der Waals surface area (Å²) in [5, 5.41) is 19.4. The van der Waals surface area contributed by atoms with Crippen molar-refractivity contribution in [1.29, 1.82) is 0 Å². The number of halogens is 1. The van der Waals surface area contributed by atoms with Crippen molar-refractivity contribution < 1.29 is 0 Å². The Morgan fingerprint density at radius 2 is 2.18 bits per heavy atom. The van der Waals surface area contributed by atoms with Gasteiger partial charge in [-0.2, -0.15) is 0 Å². The van der Waals surface area contributed by atoms with Crippen molar-refractivity contribution in [3.63, 3.8) is 0 Å². The topological polar surface area (TPSA) is 96.7 Å². The van der Waals surface area contributed by atoms with Crippen LogP contribution in [-0.2, 0) is 0 Å². The molecule has 0 saturated heterocycles. The van der Waals surface area contributed by atoms with Crippen LogP contribution in [0.1, 0.15) is 18.8 Å². The third-order valence-electron chi connectivity index (χ3n) is 3.31. The van der Waals surface area contributed by atoms with Gasteiger partial charge in [0.15, 0.2) is 5.65 Å². The maximum atomic E-state index is 5.99. The summed E-state index contributed by atoms with van der Waals surface area (Å²) < 4.78 is 1.37. The van der Waals surface area contributed by atoms with Gasteiger partial charge in [-0.25, -0.2) is 4.98 Å². The Hall–Kier alpha value is -2.74. The summed E-state index contributed by atoms with van der Waals surface area (Å²) in [6.45, 7) is 1.99. The van der Waals surface area contributed by atoms with E-state index in [-0.39, 0.29) is 6.04 Å². The van der Waals surface area contributed by atoms with Gasteiger partial charge in [0, 0.05) is 5.02 Å². The number of aromatic amines is 1. The third kappa shape index (κ3) is 2.23. The number of tetrazole rings is 1. The second kappa shape index (κ2) is 4.92. The minimum atomic E-state index is -0.0624. The monoisotopic (exact) mass is 314 g/mol. The van der Waals surface area contributed by atoms with Crippen LogP contribution < -0.4 is 5.32 Å². The van der Waals surface area contributed by atoms with Crippen molar-refractivity contribution in [2.24, 2.45) is 0 Å². The Bertz CT molecular complexity index is 959. The van der Waals surface area contributed by atoms with Crippen LogP contribution in [0.2, 0.25) is 5.02 Å². The van der Waals surface area contributed by atoms with Gasteiger partial charge in [0.25, 0.3) is 0 Å². The molecule has 0 fully saturated rings. The lowest BCUT2D eigenvalue weighted by Gasteiger charge is -2.11. The highest BCUT2D eigenvalue weighted by atomic mass is 35.5. The van der Waals surface area contributed by atoms with Crippen LogP contribution in [0.15, 0.2) is 30.3 Å². The lowest BCUT2D eigenvalue weighted by Crippen LogP contribution is -2.11. The van der Waals surface area contributed by atoms with Crippen molar-refractivity contribution in [1.82, 2.24) is 35.2 Å². The first-order valence-electron chi connectivity index (χ1n) is 6.66. The number of anilines is 1. The molecular formula is C13H11ClN8. The first-order chi connectivity index (χ1) is 10.7. The molecule has 1 unspecified atom stereocenters. The molecule has 1 atom stereocenters. The number of nitrogens with one attached hydrogen (secondary N) is 2. The highest BCUT2D eigenvalue weighted by Gasteiger charge is 2.12. The molecule has 8 nitrogen and oxygen atoms in total. The molecule has 4 rings (SSSR count). The zero-order valence-corrected chi connectivity index (χ0v) is 12.3. The molecule has 0 aliphatic carbocycles. The molecular weight excluding hydrogens is 304 g/mol. The number of fused-ring (bicyclic) bond motifs is 2. The van der Waals surface area contributed by atoms with Gasteiger partial charge >= 0.3 is 0 Å². The summed E-state index contributed by atoms with van der Waals surface area (Å²) >= 11 is 5.99. The molecule has 2 N–H and O–H groups in total. The number of imidazole rings is 1. The van der Waals surface area contributed by atoms with Crippen molar-refractivity contribution in [2.75, 3.05) is 5.32 Å². The number of hydrogen-bond acceptors (Lipinski definition) is 6. The van der Waals surface area contributed by atoms with E-state index in [1.165, 1.54) is 4.63 Å². The molecule has 0 bridgehead atoms. The van der Waals surface area contributed by atoms with Crippen molar-refractivity contribution in [3.05, 3.63) is 41.2 Å². The molecule has 0 amide bonds. The van der Waals surface area contributed by atoms with E-state index in [1.54, 1.807) is 6.07 Å².